The lowest BCUT2D eigenvalue weighted by molar-refractivity contribution is 0.0301. The van der Waals surface area contributed by atoms with E-state index >= 15 is 0 Å². The molecule has 2 aliphatic rings. The van der Waals surface area contributed by atoms with Crippen molar-refractivity contribution in [3.8, 4) is 5.75 Å². The van der Waals surface area contributed by atoms with Gasteiger partial charge in [0, 0.05) is 6.42 Å². The smallest absolute Gasteiger partial charge is 0.167 e. The Kier molecular flexibility index (Phi) is 2.61. The normalized spacial score (nSPS) is 26.7. The first-order valence-electron chi connectivity index (χ1n) is 5.84. The second-order valence-electron chi connectivity index (χ2n) is 4.48. The molecule has 4 nitrogen and oxygen atoms in total. The van der Waals surface area contributed by atoms with Crippen LogP contribution in [-0.4, -0.2) is 30.2 Å². The van der Waals surface area contributed by atoms with E-state index in [0.29, 0.717) is 25.0 Å². The number of benzene rings is 1. The standard InChI is InChI=1S/C13H14O4/c14-10-3-1-2-9-12(17-7-8-6-16-8)5-4-11(15)13(9)10/h1-3,8,12,14H,4-7H2. The van der Waals surface area contributed by atoms with E-state index in [1.807, 2.05) is 6.07 Å². The summed E-state index contributed by atoms with van der Waals surface area (Å²) < 4.78 is 10.8. The second kappa shape index (κ2) is 4.13. The van der Waals surface area contributed by atoms with Gasteiger partial charge in [-0.25, -0.2) is 0 Å². The predicted octanol–water partition coefficient (Wildman–Crippen LogP) is 1.83. The maximum atomic E-state index is 11.8. The first kappa shape index (κ1) is 10.7. The molecule has 1 saturated heterocycles. The number of rotatable bonds is 3. The van der Waals surface area contributed by atoms with E-state index in [2.05, 4.69) is 0 Å². The molecular weight excluding hydrogens is 220 g/mol. The third kappa shape index (κ3) is 2.06. The highest BCUT2D eigenvalue weighted by Crippen LogP contribution is 2.37. The van der Waals surface area contributed by atoms with E-state index in [-0.39, 0.29) is 23.7 Å². The highest BCUT2D eigenvalue weighted by Gasteiger charge is 2.31. The van der Waals surface area contributed by atoms with Crippen molar-refractivity contribution in [2.24, 2.45) is 0 Å². The number of ketones is 1. The third-order valence-corrected chi connectivity index (χ3v) is 3.22. The Morgan fingerprint density at radius 1 is 1.47 bits per heavy atom. The average Bonchev–Trinajstić information content (AvgIpc) is 3.12. The van der Waals surface area contributed by atoms with Crippen LogP contribution in [0, 0.1) is 0 Å². The Balaban J connectivity index is 1.85. The van der Waals surface area contributed by atoms with Gasteiger partial charge in [-0.05, 0) is 18.1 Å². The van der Waals surface area contributed by atoms with Crippen molar-refractivity contribution in [1.82, 2.24) is 0 Å². The highest BCUT2D eigenvalue weighted by atomic mass is 16.6. The lowest BCUT2D eigenvalue weighted by Crippen LogP contribution is -2.19. The molecule has 1 heterocycles. The molecule has 1 aromatic carbocycles. The summed E-state index contributed by atoms with van der Waals surface area (Å²) in [7, 11) is 0. The Labute approximate surface area is 99.2 Å². The minimum atomic E-state index is -0.0981. The van der Waals surface area contributed by atoms with Crippen LogP contribution in [-0.2, 0) is 9.47 Å². The Bertz CT molecular complexity index is 451. The lowest BCUT2D eigenvalue weighted by atomic mass is 9.88. The fourth-order valence-corrected chi connectivity index (χ4v) is 2.23. The molecule has 0 spiro atoms. The zero-order valence-electron chi connectivity index (χ0n) is 9.39. The molecule has 0 radical (unpaired) electrons. The number of phenols is 1. The molecule has 1 aliphatic heterocycles. The van der Waals surface area contributed by atoms with E-state index in [1.165, 1.54) is 0 Å². The number of hydrogen-bond acceptors (Lipinski definition) is 4. The van der Waals surface area contributed by atoms with Crippen molar-refractivity contribution in [2.75, 3.05) is 13.2 Å². The molecule has 4 heteroatoms. The highest BCUT2D eigenvalue weighted by molar-refractivity contribution is 6.01. The van der Waals surface area contributed by atoms with Gasteiger partial charge in [0.15, 0.2) is 5.78 Å². The number of Topliss-reactive ketones (excluding diaryl/α,β-unsaturated/α-hetero) is 1. The number of carbonyl (C=O) groups excluding carboxylic acids is 1. The number of carbonyl (C=O) groups is 1. The van der Waals surface area contributed by atoms with E-state index in [9.17, 15) is 9.90 Å². The van der Waals surface area contributed by atoms with Gasteiger partial charge in [0.1, 0.15) is 11.9 Å². The van der Waals surface area contributed by atoms with Crippen LogP contribution in [0.15, 0.2) is 18.2 Å². The van der Waals surface area contributed by atoms with Gasteiger partial charge in [-0.1, -0.05) is 12.1 Å². The van der Waals surface area contributed by atoms with Gasteiger partial charge in [0.25, 0.3) is 0 Å². The first-order chi connectivity index (χ1) is 8.25. The molecule has 1 fully saturated rings. The van der Waals surface area contributed by atoms with Crippen molar-refractivity contribution >= 4 is 5.78 Å². The number of phenolic OH excluding ortho intramolecular Hbond substituents is 1. The predicted molar refractivity (Wildman–Crippen MR) is 60.1 cm³/mol. The van der Waals surface area contributed by atoms with Crippen molar-refractivity contribution < 1.29 is 19.4 Å². The van der Waals surface area contributed by atoms with Crippen LogP contribution in [0.1, 0.15) is 34.9 Å². The zero-order chi connectivity index (χ0) is 11.8. The van der Waals surface area contributed by atoms with Crippen LogP contribution in [0.25, 0.3) is 0 Å². The fraction of sp³-hybridized carbons (Fsp3) is 0.462. The molecule has 17 heavy (non-hydrogen) atoms. The summed E-state index contributed by atoms with van der Waals surface area (Å²) in [5, 5.41) is 9.73. The summed E-state index contributed by atoms with van der Waals surface area (Å²) >= 11 is 0. The monoisotopic (exact) mass is 234 g/mol. The second-order valence-corrected chi connectivity index (χ2v) is 4.48. The minimum absolute atomic E-state index is 0.000576. The summed E-state index contributed by atoms with van der Waals surface area (Å²) in [5.41, 5.74) is 1.24. The Morgan fingerprint density at radius 3 is 3.06 bits per heavy atom. The summed E-state index contributed by atoms with van der Waals surface area (Å²) in [4.78, 5) is 11.8. The van der Waals surface area contributed by atoms with Crippen LogP contribution in [0.4, 0.5) is 0 Å². The Hall–Kier alpha value is -1.39. The Morgan fingerprint density at radius 2 is 2.29 bits per heavy atom. The molecule has 1 aromatic rings. The molecule has 0 saturated carbocycles. The van der Waals surface area contributed by atoms with Crippen molar-refractivity contribution in [3.05, 3.63) is 29.3 Å². The summed E-state index contributed by atoms with van der Waals surface area (Å²) in [6, 6.07) is 5.14. The van der Waals surface area contributed by atoms with Gasteiger partial charge in [0.05, 0.1) is 24.9 Å². The van der Waals surface area contributed by atoms with E-state index in [4.69, 9.17) is 9.47 Å². The van der Waals surface area contributed by atoms with Crippen LogP contribution in [0.3, 0.4) is 0 Å². The van der Waals surface area contributed by atoms with E-state index in [0.717, 1.165) is 12.2 Å². The molecule has 0 amide bonds. The first-order valence-corrected chi connectivity index (χ1v) is 5.84. The lowest BCUT2D eigenvalue weighted by Gasteiger charge is -2.25. The number of ether oxygens (including phenoxy) is 2. The quantitative estimate of drug-likeness (QED) is 0.810. The summed E-state index contributed by atoms with van der Waals surface area (Å²) in [6.45, 7) is 1.33. The summed E-state index contributed by atoms with van der Waals surface area (Å²) in [5.74, 6) is 0.0593. The van der Waals surface area contributed by atoms with Gasteiger partial charge in [-0.3, -0.25) is 4.79 Å². The van der Waals surface area contributed by atoms with Gasteiger partial charge in [-0.2, -0.15) is 0 Å². The number of epoxide rings is 1. The molecule has 3 rings (SSSR count). The third-order valence-electron chi connectivity index (χ3n) is 3.22. The maximum Gasteiger partial charge on any atom is 0.167 e. The minimum Gasteiger partial charge on any atom is -0.507 e. The maximum absolute atomic E-state index is 11.8. The van der Waals surface area contributed by atoms with E-state index < -0.39 is 0 Å². The van der Waals surface area contributed by atoms with Crippen molar-refractivity contribution in [3.63, 3.8) is 0 Å². The van der Waals surface area contributed by atoms with Gasteiger partial charge < -0.3 is 14.6 Å². The van der Waals surface area contributed by atoms with Crippen LogP contribution in [0.5, 0.6) is 5.75 Å². The molecular formula is C13H14O4. The van der Waals surface area contributed by atoms with Crippen LogP contribution < -0.4 is 0 Å². The largest absolute Gasteiger partial charge is 0.507 e. The van der Waals surface area contributed by atoms with Crippen molar-refractivity contribution in [1.29, 1.82) is 0 Å². The van der Waals surface area contributed by atoms with Crippen molar-refractivity contribution in [2.45, 2.75) is 25.0 Å². The van der Waals surface area contributed by atoms with Crippen LogP contribution in [0.2, 0.25) is 0 Å². The van der Waals surface area contributed by atoms with Gasteiger partial charge >= 0.3 is 0 Å². The van der Waals surface area contributed by atoms with E-state index in [1.54, 1.807) is 12.1 Å². The zero-order valence-corrected chi connectivity index (χ0v) is 9.39. The molecule has 2 atom stereocenters. The molecule has 90 valence electrons. The molecule has 0 aromatic heterocycles. The molecule has 0 bridgehead atoms. The van der Waals surface area contributed by atoms with Gasteiger partial charge in [0.2, 0.25) is 0 Å². The molecule has 1 aliphatic carbocycles. The van der Waals surface area contributed by atoms with Crippen LogP contribution >= 0.6 is 0 Å². The van der Waals surface area contributed by atoms with Gasteiger partial charge in [-0.15, -0.1) is 0 Å². The number of fused-ring (bicyclic) bond motifs is 1. The average molecular weight is 234 g/mol. The SMILES string of the molecule is O=C1CCC(OCC2CO2)c2cccc(O)c21. The number of hydrogen-bond donors (Lipinski definition) is 1. The molecule has 2 unspecified atom stereocenters. The topological polar surface area (TPSA) is 59.1 Å². The fourth-order valence-electron chi connectivity index (χ4n) is 2.23. The number of aromatic hydroxyl groups is 1. The molecule has 1 N–H and O–H groups in total. The summed E-state index contributed by atoms with van der Waals surface area (Å²) in [6.07, 6.45) is 1.23.